The quantitative estimate of drug-likeness (QED) is 0.569. The first-order chi connectivity index (χ1) is 11.2. The van der Waals surface area contributed by atoms with E-state index in [0.29, 0.717) is 23.7 Å². The number of benzene rings is 1. The van der Waals surface area contributed by atoms with E-state index < -0.39 is 0 Å². The zero-order valence-electron chi connectivity index (χ0n) is 13.7. The molecule has 0 saturated heterocycles. The van der Waals surface area contributed by atoms with Crippen LogP contribution in [-0.4, -0.2) is 24.5 Å². The van der Waals surface area contributed by atoms with Crippen molar-refractivity contribution in [1.82, 2.24) is 4.98 Å². The third-order valence-corrected chi connectivity index (χ3v) is 3.49. The molecular formula is C19H21NO3. The minimum absolute atomic E-state index is 0.0789. The molecule has 1 aromatic carbocycles. The smallest absolute Gasteiger partial charge is 0.189 e. The van der Waals surface area contributed by atoms with E-state index in [2.05, 4.69) is 4.98 Å². The van der Waals surface area contributed by atoms with Gasteiger partial charge in [0.25, 0.3) is 0 Å². The molecular weight excluding hydrogens is 290 g/mol. The molecule has 2 aromatic rings. The number of methoxy groups -OCH3 is 1. The van der Waals surface area contributed by atoms with Gasteiger partial charge in [-0.15, -0.1) is 0 Å². The Morgan fingerprint density at radius 2 is 1.91 bits per heavy atom. The summed E-state index contributed by atoms with van der Waals surface area (Å²) < 4.78 is 10.8. The molecule has 0 amide bonds. The van der Waals surface area contributed by atoms with Crippen LogP contribution in [0.4, 0.5) is 0 Å². The third kappa shape index (κ3) is 4.19. The number of carbonyl (C=O) groups excluding carboxylic acids is 1. The van der Waals surface area contributed by atoms with Crippen molar-refractivity contribution in [3.8, 4) is 11.5 Å². The zero-order chi connectivity index (χ0) is 16.7. The molecule has 1 heterocycles. The van der Waals surface area contributed by atoms with Gasteiger partial charge in [-0.25, -0.2) is 0 Å². The lowest BCUT2D eigenvalue weighted by Gasteiger charge is -2.11. The van der Waals surface area contributed by atoms with Gasteiger partial charge in [0.05, 0.1) is 19.3 Å². The van der Waals surface area contributed by atoms with E-state index in [1.54, 1.807) is 43.8 Å². The van der Waals surface area contributed by atoms with Crippen LogP contribution in [0.15, 0.2) is 48.8 Å². The first-order valence-electron chi connectivity index (χ1n) is 7.65. The largest absolute Gasteiger partial charge is 0.497 e. The normalized spacial score (nSPS) is 11.2. The Bertz CT molecular complexity index is 693. The number of ketones is 1. The van der Waals surface area contributed by atoms with Gasteiger partial charge < -0.3 is 9.47 Å². The predicted octanol–water partition coefficient (Wildman–Crippen LogP) is 4.17. The fourth-order valence-corrected chi connectivity index (χ4v) is 2.30. The molecule has 0 atom stereocenters. The van der Waals surface area contributed by atoms with Crippen LogP contribution in [0, 0.1) is 0 Å². The van der Waals surface area contributed by atoms with Gasteiger partial charge in [-0.3, -0.25) is 9.78 Å². The highest BCUT2D eigenvalue weighted by atomic mass is 16.5. The molecule has 0 radical (unpaired) electrons. The molecule has 0 fully saturated rings. The van der Waals surface area contributed by atoms with Crippen molar-refractivity contribution in [2.75, 3.05) is 13.7 Å². The molecule has 0 saturated carbocycles. The van der Waals surface area contributed by atoms with E-state index in [4.69, 9.17) is 9.47 Å². The molecule has 1 aromatic heterocycles. The maximum Gasteiger partial charge on any atom is 0.189 e. The second-order valence-electron chi connectivity index (χ2n) is 4.92. The van der Waals surface area contributed by atoms with Crippen LogP contribution in [-0.2, 0) is 0 Å². The summed E-state index contributed by atoms with van der Waals surface area (Å²) in [6.07, 6.45) is 5.88. The van der Waals surface area contributed by atoms with Crippen LogP contribution >= 0.6 is 0 Å². The average Bonchev–Trinajstić information content (AvgIpc) is 2.60. The summed E-state index contributed by atoms with van der Waals surface area (Å²) in [5.74, 6) is 1.13. The lowest BCUT2D eigenvalue weighted by molar-refractivity contribution is 0.104. The summed E-state index contributed by atoms with van der Waals surface area (Å²) in [5.41, 5.74) is 2.51. The zero-order valence-corrected chi connectivity index (χ0v) is 13.7. The molecule has 23 heavy (non-hydrogen) atoms. The molecule has 0 aliphatic heterocycles. The first kappa shape index (κ1) is 16.7. The number of hydrogen-bond donors (Lipinski definition) is 0. The molecule has 0 aliphatic rings. The van der Waals surface area contributed by atoms with Crippen molar-refractivity contribution in [2.24, 2.45) is 0 Å². The standard InChI is InChI=1S/C19H21NO3/c1-4-14(15-8-10-20-11-9-15)12-18(21)17-7-6-16(22-3)13-19(17)23-5-2/h6-13H,4-5H2,1-3H3. The number of allylic oxidation sites excluding steroid dienone is 2. The number of nitrogens with zero attached hydrogens (tertiary/aromatic N) is 1. The number of rotatable bonds is 7. The van der Waals surface area contributed by atoms with Crippen LogP contribution in [0.2, 0.25) is 0 Å². The molecule has 4 nitrogen and oxygen atoms in total. The maximum atomic E-state index is 12.7. The Morgan fingerprint density at radius 1 is 1.17 bits per heavy atom. The van der Waals surface area contributed by atoms with Gasteiger partial charge >= 0.3 is 0 Å². The molecule has 0 N–H and O–H groups in total. The topological polar surface area (TPSA) is 48.4 Å². The second kappa shape index (κ2) is 8.13. The van der Waals surface area contributed by atoms with Crippen molar-refractivity contribution in [2.45, 2.75) is 20.3 Å². The summed E-state index contributed by atoms with van der Waals surface area (Å²) >= 11 is 0. The van der Waals surface area contributed by atoms with Gasteiger partial charge in [-0.2, -0.15) is 0 Å². The second-order valence-corrected chi connectivity index (χ2v) is 4.92. The Hall–Kier alpha value is -2.62. The molecule has 4 heteroatoms. The summed E-state index contributed by atoms with van der Waals surface area (Å²) in [6.45, 7) is 4.40. The molecule has 0 bridgehead atoms. The summed E-state index contributed by atoms with van der Waals surface area (Å²) in [5, 5.41) is 0. The highest BCUT2D eigenvalue weighted by molar-refractivity contribution is 6.10. The highest BCUT2D eigenvalue weighted by Gasteiger charge is 2.13. The molecule has 0 aliphatic carbocycles. The van der Waals surface area contributed by atoms with E-state index in [1.165, 1.54) is 0 Å². The summed E-state index contributed by atoms with van der Waals surface area (Å²) in [6, 6.07) is 9.05. The van der Waals surface area contributed by atoms with Crippen molar-refractivity contribution >= 4 is 11.4 Å². The van der Waals surface area contributed by atoms with Crippen molar-refractivity contribution in [1.29, 1.82) is 0 Å². The van der Waals surface area contributed by atoms with Crippen molar-refractivity contribution in [3.63, 3.8) is 0 Å². The van der Waals surface area contributed by atoms with Crippen LogP contribution in [0.25, 0.3) is 5.57 Å². The minimum Gasteiger partial charge on any atom is -0.497 e. The van der Waals surface area contributed by atoms with Gasteiger partial charge in [-0.1, -0.05) is 6.92 Å². The van der Waals surface area contributed by atoms with Gasteiger partial charge in [-0.05, 0) is 54.8 Å². The van der Waals surface area contributed by atoms with E-state index in [0.717, 1.165) is 17.6 Å². The first-order valence-corrected chi connectivity index (χ1v) is 7.65. The summed E-state index contributed by atoms with van der Waals surface area (Å²) in [4.78, 5) is 16.7. The Morgan fingerprint density at radius 3 is 2.52 bits per heavy atom. The fourth-order valence-electron chi connectivity index (χ4n) is 2.30. The predicted molar refractivity (Wildman–Crippen MR) is 91.0 cm³/mol. The van der Waals surface area contributed by atoms with Gasteiger partial charge in [0.2, 0.25) is 0 Å². The van der Waals surface area contributed by atoms with E-state index >= 15 is 0 Å². The van der Waals surface area contributed by atoms with E-state index in [-0.39, 0.29) is 5.78 Å². The highest BCUT2D eigenvalue weighted by Crippen LogP contribution is 2.27. The summed E-state index contributed by atoms with van der Waals surface area (Å²) in [7, 11) is 1.59. The van der Waals surface area contributed by atoms with Crippen LogP contribution < -0.4 is 9.47 Å². The lowest BCUT2D eigenvalue weighted by Crippen LogP contribution is -2.03. The molecule has 0 unspecified atom stereocenters. The van der Waals surface area contributed by atoms with Crippen LogP contribution in [0.3, 0.4) is 0 Å². The molecule has 0 spiro atoms. The third-order valence-electron chi connectivity index (χ3n) is 3.49. The number of carbonyl (C=O) groups is 1. The number of hydrogen-bond acceptors (Lipinski definition) is 4. The maximum absolute atomic E-state index is 12.7. The van der Waals surface area contributed by atoms with Crippen LogP contribution in [0.1, 0.15) is 36.2 Å². The molecule has 2 rings (SSSR count). The lowest BCUT2D eigenvalue weighted by atomic mass is 10.0. The van der Waals surface area contributed by atoms with Gasteiger partial charge in [0, 0.05) is 18.5 Å². The fraction of sp³-hybridized carbons (Fsp3) is 0.263. The number of pyridine rings is 1. The molecule has 120 valence electrons. The monoisotopic (exact) mass is 311 g/mol. The van der Waals surface area contributed by atoms with Crippen LogP contribution in [0.5, 0.6) is 11.5 Å². The average molecular weight is 311 g/mol. The van der Waals surface area contributed by atoms with Crippen molar-refractivity contribution in [3.05, 3.63) is 59.9 Å². The number of ether oxygens (including phenoxy) is 2. The van der Waals surface area contributed by atoms with Gasteiger partial charge in [0.1, 0.15) is 11.5 Å². The Kier molecular flexibility index (Phi) is 5.92. The minimum atomic E-state index is -0.0789. The van der Waals surface area contributed by atoms with E-state index in [1.807, 2.05) is 26.0 Å². The Balaban J connectivity index is 2.37. The van der Waals surface area contributed by atoms with Crippen molar-refractivity contribution < 1.29 is 14.3 Å². The van der Waals surface area contributed by atoms with E-state index in [9.17, 15) is 4.79 Å². The Labute approximate surface area is 136 Å². The SMILES string of the molecule is CCOc1cc(OC)ccc1C(=O)C=C(CC)c1ccncc1. The number of aromatic nitrogens is 1. The van der Waals surface area contributed by atoms with Gasteiger partial charge in [0.15, 0.2) is 5.78 Å².